The smallest absolute Gasteiger partial charge is 0.261 e. The summed E-state index contributed by atoms with van der Waals surface area (Å²) in [6.45, 7) is 2.93. The van der Waals surface area contributed by atoms with Gasteiger partial charge in [0.1, 0.15) is 5.56 Å². The number of H-pyrrole nitrogens is 1. The van der Waals surface area contributed by atoms with Gasteiger partial charge in [0.2, 0.25) is 6.79 Å². The molecule has 0 unspecified atom stereocenters. The van der Waals surface area contributed by atoms with Gasteiger partial charge in [-0.05, 0) is 42.3 Å². The molecule has 8 heteroatoms. The number of pyridine rings is 1. The predicted octanol–water partition coefficient (Wildman–Crippen LogP) is 3.46. The van der Waals surface area contributed by atoms with E-state index in [-0.39, 0.29) is 30.4 Å². The normalized spacial score (nSPS) is 12.2. The number of rotatable bonds is 8. The van der Waals surface area contributed by atoms with Crippen molar-refractivity contribution >= 4 is 16.8 Å². The minimum absolute atomic E-state index is 0.0177. The number of amides is 1. The Labute approximate surface area is 178 Å². The van der Waals surface area contributed by atoms with E-state index in [1.165, 1.54) is 12.1 Å². The van der Waals surface area contributed by atoms with Crippen molar-refractivity contribution in [2.24, 2.45) is 0 Å². The summed E-state index contributed by atoms with van der Waals surface area (Å²) in [4.78, 5) is 27.9. The molecule has 1 amide bonds. The maximum Gasteiger partial charge on any atom is 0.261 e. The standard InChI is InChI=1S/C23H24N2O6/c1-2-3-4-9-29-21-17(26)7-6-15-11-16(23(28)25-20(15)21)22(27)24-12-14-5-8-18-19(10-14)31-13-30-18/h5-8,10-11,26H,2-4,9,12-13H2,1H3,(H,24,27)(H,25,28). The van der Waals surface area contributed by atoms with Crippen molar-refractivity contribution < 1.29 is 24.1 Å². The lowest BCUT2D eigenvalue weighted by molar-refractivity contribution is 0.0949. The lowest BCUT2D eigenvalue weighted by Gasteiger charge is -2.12. The van der Waals surface area contributed by atoms with E-state index in [0.29, 0.717) is 29.0 Å². The number of hydrogen-bond acceptors (Lipinski definition) is 6. The molecule has 162 valence electrons. The van der Waals surface area contributed by atoms with Gasteiger partial charge in [-0.2, -0.15) is 0 Å². The van der Waals surface area contributed by atoms with Gasteiger partial charge in [-0.1, -0.05) is 25.8 Å². The molecule has 0 aliphatic carbocycles. The second-order valence-corrected chi connectivity index (χ2v) is 7.32. The Morgan fingerprint density at radius 1 is 1.16 bits per heavy atom. The van der Waals surface area contributed by atoms with E-state index in [9.17, 15) is 14.7 Å². The van der Waals surface area contributed by atoms with E-state index >= 15 is 0 Å². The summed E-state index contributed by atoms with van der Waals surface area (Å²) >= 11 is 0. The number of aromatic nitrogens is 1. The minimum Gasteiger partial charge on any atom is -0.504 e. The molecule has 31 heavy (non-hydrogen) atoms. The molecule has 8 nitrogen and oxygen atoms in total. The van der Waals surface area contributed by atoms with Gasteiger partial charge in [-0.15, -0.1) is 0 Å². The highest BCUT2D eigenvalue weighted by Crippen LogP contribution is 2.34. The summed E-state index contributed by atoms with van der Waals surface area (Å²) in [5.41, 5.74) is 0.617. The summed E-state index contributed by atoms with van der Waals surface area (Å²) < 4.78 is 16.3. The molecule has 1 aliphatic heterocycles. The molecule has 4 rings (SSSR count). The Hall–Kier alpha value is -3.68. The third-order valence-electron chi connectivity index (χ3n) is 5.08. The fraction of sp³-hybridized carbons (Fsp3) is 0.304. The number of phenolic OH excluding ortho intramolecular Hbond substituents is 1. The summed E-state index contributed by atoms with van der Waals surface area (Å²) in [6, 6.07) is 10.0. The molecule has 3 N–H and O–H groups in total. The van der Waals surface area contributed by atoms with Gasteiger partial charge in [0.15, 0.2) is 23.0 Å². The largest absolute Gasteiger partial charge is 0.504 e. The van der Waals surface area contributed by atoms with Crippen molar-refractivity contribution in [3.05, 3.63) is 57.9 Å². The highest BCUT2D eigenvalue weighted by molar-refractivity contribution is 5.98. The number of carbonyl (C=O) groups excluding carboxylic acids is 1. The average molecular weight is 424 g/mol. The summed E-state index contributed by atoms with van der Waals surface area (Å²) in [5, 5.41) is 13.5. The van der Waals surface area contributed by atoms with Crippen molar-refractivity contribution in [3.8, 4) is 23.0 Å². The van der Waals surface area contributed by atoms with Crippen LogP contribution in [0, 0.1) is 0 Å². The molecule has 0 spiro atoms. The van der Waals surface area contributed by atoms with Crippen LogP contribution in [0.5, 0.6) is 23.0 Å². The van der Waals surface area contributed by atoms with Gasteiger partial charge < -0.3 is 29.6 Å². The number of fused-ring (bicyclic) bond motifs is 2. The van der Waals surface area contributed by atoms with E-state index in [4.69, 9.17) is 14.2 Å². The van der Waals surface area contributed by atoms with Crippen LogP contribution in [0.25, 0.3) is 10.9 Å². The Bertz CT molecular complexity index is 1170. The van der Waals surface area contributed by atoms with Crippen molar-refractivity contribution in [2.75, 3.05) is 13.4 Å². The van der Waals surface area contributed by atoms with Crippen LogP contribution in [0.15, 0.2) is 41.2 Å². The first-order valence-corrected chi connectivity index (χ1v) is 10.3. The highest BCUT2D eigenvalue weighted by Gasteiger charge is 2.17. The van der Waals surface area contributed by atoms with E-state index < -0.39 is 11.5 Å². The van der Waals surface area contributed by atoms with Gasteiger partial charge >= 0.3 is 0 Å². The molecule has 0 fully saturated rings. The van der Waals surface area contributed by atoms with Crippen LogP contribution in [-0.4, -0.2) is 29.4 Å². The molecule has 0 saturated heterocycles. The Morgan fingerprint density at radius 2 is 2.00 bits per heavy atom. The van der Waals surface area contributed by atoms with Crippen LogP contribution in [0.4, 0.5) is 0 Å². The number of carbonyl (C=O) groups is 1. The average Bonchev–Trinajstić information content (AvgIpc) is 3.24. The summed E-state index contributed by atoms with van der Waals surface area (Å²) in [5.74, 6) is 0.954. The van der Waals surface area contributed by atoms with E-state index in [1.54, 1.807) is 18.2 Å². The number of aromatic amines is 1. The fourth-order valence-electron chi connectivity index (χ4n) is 3.41. The van der Waals surface area contributed by atoms with Gasteiger partial charge in [0.05, 0.1) is 12.1 Å². The van der Waals surface area contributed by atoms with Crippen molar-refractivity contribution in [2.45, 2.75) is 32.7 Å². The molecule has 1 aromatic heterocycles. The first-order chi connectivity index (χ1) is 15.1. The number of benzene rings is 2. The first-order valence-electron chi connectivity index (χ1n) is 10.3. The topological polar surface area (TPSA) is 110 Å². The van der Waals surface area contributed by atoms with Crippen LogP contribution >= 0.6 is 0 Å². The molecular formula is C23H24N2O6. The first kappa shape index (κ1) is 20.6. The molecule has 0 atom stereocenters. The van der Waals surface area contributed by atoms with E-state index in [0.717, 1.165) is 24.8 Å². The van der Waals surface area contributed by atoms with Gasteiger partial charge in [-0.3, -0.25) is 9.59 Å². The van der Waals surface area contributed by atoms with Crippen LogP contribution in [0.1, 0.15) is 42.1 Å². The van der Waals surface area contributed by atoms with Crippen molar-refractivity contribution in [3.63, 3.8) is 0 Å². The second-order valence-electron chi connectivity index (χ2n) is 7.32. The number of nitrogens with one attached hydrogen (secondary N) is 2. The number of ether oxygens (including phenoxy) is 3. The molecular weight excluding hydrogens is 400 g/mol. The molecule has 2 aromatic carbocycles. The maximum atomic E-state index is 12.6. The number of unbranched alkanes of at least 4 members (excludes halogenated alkanes) is 2. The third kappa shape index (κ3) is 4.42. The molecule has 1 aliphatic rings. The summed E-state index contributed by atoms with van der Waals surface area (Å²) in [6.07, 6.45) is 2.90. The zero-order valence-electron chi connectivity index (χ0n) is 17.2. The lowest BCUT2D eigenvalue weighted by atomic mass is 10.1. The SMILES string of the molecule is CCCCCOc1c(O)ccc2cc(C(=O)NCc3ccc4c(c3)OCO4)c(=O)[nH]c12. The Kier molecular flexibility index (Phi) is 5.97. The molecule has 0 radical (unpaired) electrons. The van der Waals surface area contributed by atoms with Gasteiger partial charge in [0, 0.05) is 11.9 Å². The Balaban J connectivity index is 1.52. The second kappa shape index (κ2) is 8.99. The monoisotopic (exact) mass is 424 g/mol. The van der Waals surface area contributed by atoms with Crippen LogP contribution in [0.2, 0.25) is 0 Å². The lowest BCUT2D eigenvalue weighted by Crippen LogP contribution is -2.29. The summed E-state index contributed by atoms with van der Waals surface area (Å²) in [7, 11) is 0. The van der Waals surface area contributed by atoms with Crippen LogP contribution < -0.4 is 25.1 Å². The maximum absolute atomic E-state index is 12.6. The molecule has 0 saturated carbocycles. The fourth-order valence-corrected chi connectivity index (χ4v) is 3.41. The van der Waals surface area contributed by atoms with Crippen LogP contribution in [-0.2, 0) is 6.54 Å². The van der Waals surface area contributed by atoms with Crippen molar-refractivity contribution in [1.82, 2.24) is 10.3 Å². The highest BCUT2D eigenvalue weighted by atomic mass is 16.7. The third-order valence-corrected chi connectivity index (χ3v) is 5.08. The zero-order chi connectivity index (χ0) is 21.8. The van der Waals surface area contributed by atoms with E-state index in [2.05, 4.69) is 17.2 Å². The van der Waals surface area contributed by atoms with Crippen molar-refractivity contribution in [1.29, 1.82) is 0 Å². The molecule has 3 aromatic rings. The number of aromatic hydroxyl groups is 1. The number of phenols is 1. The van der Waals surface area contributed by atoms with Gasteiger partial charge in [0.25, 0.3) is 11.5 Å². The molecule has 2 heterocycles. The van der Waals surface area contributed by atoms with E-state index in [1.807, 2.05) is 6.07 Å². The Morgan fingerprint density at radius 3 is 2.84 bits per heavy atom. The van der Waals surface area contributed by atoms with Crippen LogP contribution in [0.3, 0.4) is 0 Å². The quantitative estimate of drug-likeness (QED) is 0.478. The molecule has 0 bridgehead atoms. The van der Waals surface area contributed by atoms with Gasteiger partial charge in [-0.25, -0.2) is 0 Å². The predicted molar refractivity (Wildman–Crippen MR) is 115 cm³/mol. The minimum atomic E-state index is -0.556. The zero-order valence-corrected chi connectivity index (χ0v) is 17.2. The number of hydrogen-bond donors (Lipinski definition) is 3.